The van der Waals surface area contributed by atoms with Gasteiger partial charge in [0.1, 0.15) is 5.75 Å². The van der Waals surface area contributed by atoms with E-state index in [-0.39, 0.29) is 11.8 Å². The van der Waals surface area contributed by atoms with E-state index in [1.165, 1.54) is 0 Å². The van der Waals surface area contributed by atoms with E-state index in [4.69, 9.17) is 10.5 Å². The van der Waals surface area contributed by atoms with E-state index in [9.17, 15) is 4.79 Å². The minimum Gasteiger partial charge on any atom is -0.497 e. The van der Waals surface area contributed by atoms with Gasteiger partial charge in [-0.25, -0.2) is 0 Å². The molecule has 2 aromatic rings. The van der Waals surface area contributed by atoms with Gasteiger partial charge in [0.2, 0.25) is 5.91 Å². The van der Waals surface area contributed by atoms with E-state index in [1.54, 1.807) is 25.3 Å². The van der Waals surface area contributed by atoms with Crippen LogP contribution in [0.3, 0.4) is 0 Å². The molecule has 0 saturated carbocycles. The Balaban J connectivity index is 2.16. The number of anilines is 2. The maximum Gasteiger partial charge on any atom is 0.231 e. The molecule has 3 N–H and O–H groups in total. The zero-order chi connectivity index (χ0) is 15.2. The molecule has 4 heteroatoms. The minimum absolute atomic E-state index is 0.0550. The molecule has 1 unspecified atom stereocenters. The lowest BCUT2D eigenvalue weighted by atomic mass is 9.95. The lowest BCUT2D eigenvalue weighted by molar-refractivity contribution is -0.117. The van der Waals surface area contributed by atoms with Gasteiger partial charge in [-0.3, -0.25) is 4.79 Å². The van der Waals surface area contributed by atoms with E-state index < -0.39 is 0 Å². The van der Waals surface area contributed by atoms with Crippen molar-refractivity contribution in [3.63, 3.8) is 0 Å². The van der Waals surface area contributed by atoms with Crippen molar-refractivity contribution >= 4 is 17.3 Å². The van der Waals surface area contributed by atoms with Gasteiger partial charge in [0.05, 0.1) is 24.4 Å². The van der Waals surface area contributed by atoms with E-state index in [0.717, 1.165) is 12.0 Å². The Bertz CT molecular complexity index is 611. The normalized spacial score (nSPS) is 11.7. The molecule has 0 bridgehead atoms. The molecule has 1 atom stereocenters. The number of nitrogen functional groups attached to an aromatic ring is 1. The molecule has 0 spiro atoms. The second-order valence-electron chi connectivity index (χ2n) is 4.81. The van der Waals surface area contributed by atoms with Crippen LogP contribution >= 0.6 is 0 Å². The van der Waals surface area contributed by atoms with E-state index in [2.05, 4.69) is 5.32 Å². The fourth-order valence-electron chi connectivity index (χ4n) is 2.26. The van der Waals surface area contributed by atoms with E-state index in [0.29, 0.717) is 17.1 Å². The molecule has 110 valence electrons. The number of carbonyl (C=O) groups excluding carboxylic acids is 1. The molecule has 0 aromatic heterocycles. The first-order valence-corrected chi connectivity index (χ1v) is 6.95. The molecule has 1 amide bonds. The van der Waals surface area contributed by atoms with Crippen LogP contribution in [0.1, 0.15) is 24.8 Å². The summed E-state index contributed by atoms with van der Waals surface area (Å²) in [4.78, 5) is 12.5. The van der Waals surface area contributed by atoms with Gasteiger partial charge in [0, 0.05) is 6.07 Å². The predicted molar refractivity (Wildman–Crippen MR) is 85.5 cm³/mol. The first-order chi connectivity index (χ1) is 10.2. The number of ether oxygens (including phenoxy) is 1. The van der Waals surface area contributed by atoms with Gasteiger partial charge in [0.15, 0.2) is 0 Å². The van der Waals surface area contributed by atoms with E-state index >= 15 is 0 Å². The van der Waals surface area contributed by atoms with Crippen LogP contribution in [0.5, 0.6) is 5.75 Å². The standard InChI is InChI=1S/C17H20N2O2/c1-3-14(12-7-5-4-6-8-12)17(20)19-16-10-9-13(21-2)11-15(16)18/h4-11,14H,3,18H2,1-2H3,(H,19,20). The summed E-state index contributed by atoms with van der Waals surface area (Å²) in [6, 6.07) is 15.0. The van der Waals surface area contributed by atoms with E-state index in [1.807, 2.05) is 37.3 Å². The third-order valence-corrected chi connectivity index (χ3v) is 3.44. The molecule has 0 aliphatic rings. The summed E-state index contributed by atoms with van der Waals surface area (Å²) < 4.78 is 5.10. The Morgan fingerprint density at radius 3 is 2.52 bits per heavy atom. The largest absolute Gasteiger partial charge is 0.497 e. The predicted octanol–water partition coefficient (Wildman–Crippen LogP) is 3.41. The third-order valence-electron chi connectivity index (χ3n) is 3.44. The van der Waals surface area contributed by atoms with Crippen LogP contribution in [0, 0.1) is 0 Å². The van der Waals surface area contributed by atoms with Crippen molar-refractivity contribution in [2.75, 3.05) is 18.2 Å². The van der Waals surface area contributed by atoms with Gasteiger partial charge >= 0.3 is 0 Å². The molecule has 0 aliphatic heterocycles. The highest BCUT2D eigenvalue weighted by Gasteiger charge is 2.19. The highest BCUT2D eigenvalue weighted by molar-refractivity contribution is 5.98. The van der Waals surface area contributed by atoms with Gasteiger partial charge in [-0.15, -0.1) is 0 Å². The molecule has 0 radical (unpaired) electrons. The van der Waals surface area contributed by atoms with Crippen molar-refractivity contribution in [2.45, 2.75) is 19.3 Å². The van der Waals surface area contributed by atoms with Crippen LogP contribution in [0.2, 0.25) is 0 Å². The van der Waals surface area contributed by atoms with Crippen LogP contribution in [0.25, 0.3) is 0 Å². The number of nitrogens with one attached hydrogen (secondary N) is 1. The Morgan fingerprint density at radius 2 is 1.95 bits per heavy atom. The zero-order valence-corrected chi connectivity index (χ0v) is 12.3. The quantitative estimate of drug-likeness (QED) is 0.827. The van der Waals surface area contributed by atoms with Crippen molar-refractivity contribution < 1.29 is 9.53 Å². The molecule has 4 nitrogen and oxygen atoms in total. The van der Waals surface area contributed by atoms with Gasteiger partial charge in [-0.2, -0.15) is 0 Å². The first kappa shape index (κ1) is 14.9. The summed E-state index contributed by atoms with van der Waals surface area (Å²) in [6.07, 6.45) is 0.728. The van der Waals surface area contributed by atoms with Crippen molar-refractivity contribution in [2.24, 2.45) is 0 Å². The fraction of sp³-hybridized carbons (Fsp3) is 0.235. The molecule has 0 saturated heterocycles. The molecule has 0 aliphatic carbocycles. The third kappa shape index (κ3) is 3.54. The number of hydrogen-bond donors (Lipinski definition) is 2. The maximum absolute atomic E-state index is 12.5. The Morgan fingerprint density at radius 1 is 1.24 bits per heavy atom. The molecule has 21 heavy (non-hydrogen) atoms. The smallest absolute Gasteiger partial charge is 0.231 e. The number of rotatable bonds is 5. The topological polar surface area (TPSA) is 64.3 Å². The number of benzene rings is 2. The summed E-state index contributed by atoms with van der Waals surface area (Å²) in [5, 5.41) is 2.89. The number of nitrogens with two attached hydrogens (primary N) is 1. The lowest BCUT2D eigenvalue weighted by Crippen LogP contribution is -2.21. The highest BCUT2D eigenvalue weighted by atomic mass is 16.5. The Hall–Kier alpha value is -2.49. The van der Waals surface area contributed by atoms with Crippen molar-refractivity contribution in [3.05, 3.63) is 54.1 Å². The van der Waals surface area contributed by atoms with Gasteiger partial charge < -0.3 is 15.8 Å². The number of hydrogen-bond acceptors (Lipinski definition) is 3. The second kappa shape index (κ2) is 6.79. The molecule has 0 heterocycles. The van der Waals surface area contributed by atoms with Crippen molar-refractivity contribution in [1.82, 2.24) is 0 Å². The van der Waals surface area contributed by atoms with Crippen LogP contribution < -0.4 is 15.8 Å². The molecule has 2 rings (SSSR count). The van der Waals surface area contributed by atoms with Crippen LogP contribution in [-0.2, 0) is 4.79 Å². The van der Waals surface area contributed by atoms with Gasteiger partial charge in [-0.1, -0.05) is 37.3 Å². The number of carbonyl (C=O) groups is 1. The van der Waals surface area contributed by atoms with Crippen LogP contribution in [-0.4, -0.2) is 13.0 Å². The molecule has 2 aromatic carbocycles. The molecule has 0 fully saturated rings. The van der Waals surface area contributed by atoms with Gasteiger partial charge in [-0.05, 0) is 24.1 Å². The average Bonchev–Trinajstić information content (AvgIpc) is 2.51. The first-order valence-electron chi connectivity index (χ1n) is 6.95. The molecular weight excluding hydrogens is 264 g/mol. The average molecular weight is 284 g/mol. The second-order valence-corrected chi connectivity index (χ2v) is 4.81. The SMILES string of the molecule is CCC(C(=O)Nc1ccc(OC)cc1N)c1ccccc1. The summed E-state index contributed by atoms with van der Waals surface area (Å²) in [5.74, 6) is 0.425. The monoisotopic (exact) mass is 284 g/mol. The number of amides is 1. The highest BCUT2D eigenvalue weighted by Crippen LogP contribution is 2.27. The Kier molecular flexibility index (Phi) is 4.82. The van der Waals surface area contributed by atoms with Crippen molar-refractivity contribution in [3.8, 4) is 5.75 Å². The summed E-state index contributed by atoms with van der Waals surface area (Å²) in [6.45, 7) is 1.99. The van der Waals surface area contributed by atoms with Crippen LogP contribution in [0.4, 0.5) is 11.4 Å². The van der Waals surface area contributed by atoms with Crippen LogP contribution in [0.15, 0.2) is 48.5 Å². The maximum atomic E-state index is 12.5. The summed E-state index contributed by atoms with van der Waals surface area (Å²) in [7, 11) is 1.58. The minimum atomic E-state index is -0.187. The number of methoxy groups -OCH3 is 1. The summed E-state index contributed by atoms with van der Waals surface area (Å²) >= 11 is 0. The van der Waals surface area contributed by atoms with Gasteiger partial charge in [0.25, 0.3) is 0 Å². The fourth-order valence-corrected chi connectivity index (χ4v) is 2.26. The lowest BCUT2D eigenvalue weighted by Gasteiger charge is -2.16. The zero-order valence-electron chi connectivity index (χ0n) is 12.3. The van der Waals surface area contributed by atoms with Crippen molar-refractivity contribution in [1.29, 1.82) is 0 Å². The molecular formula is C17H20N2O2. The Labute approximate surface area is 124 Å². The summed E-state index contributed by atoms with van der Waals surface area (Å²) in [5.41, 5.74) is 8.03.